The molecule has 0 atom stereocenters. The van der Waals surface area contributed by atoms with Crippen molar-refractivity contribution in [3.63, 3.8) is 0 Å². The molecule has 0 saturated carbocycles. The van der Waals surface area contributed by atoms with Crippen molar-refractivity contribution < 1.29 is 4.42 Å². The van der Waals surface area contributed by atoms with E-state index in [9.17, 15) is 0 Å². The highest BCUT2D eigenvalue weighted by molar-refractivity contribution is 6.37. The molecule has 1 N–H and O–H groups in total. The Morgan fingerprint density at radius 3 is 2.94 bits per heavy atom. The van der Waals surface area contributed by atoms with Gasteiger partial charge in [-0.15, -0.1) is 0 Å². The van der Waals surface area contributed by atoms with E-state index >= 15 is 0 Å². The average molecular weight is 233 g/mol. The summed E-state index contributed by atoms with van der Waals surface area (Å²) in [5, 5.41) is 5.61. The van der Waals surface area contributed by atoms with Crippen LogP contribution in [-0.2, 0) is 0 Å². The third-order valence-corrected chi connectivity index (χ3v) is 2.90. The first-order valence-electron chi connectivity index (χ1n) is 4.94. The minimum atomic E-state index is 0.563. The number of nitrogens with zero attached hydrogens (tertiary/aromatic N) is 1. The summed E-state index contributed by atoms with van der Waals surface area (Å²) in [6.07, 6.45) is 1.51. The number of halogens is 1. The maximum Gasteiger partial charge on any atom is 0.230 e. The van der Waals surface area contributed by atoms with Gasteiger partial charge in [-0.25, -0.2) is 4.98 Å². The molecule has 0 unspecified atom stereocenters. The summed E-state index contributed by atoms with van der Waals surface area (Å²) < 4.78 is 5.32. The number of fused-ring (bicyclic) bond motifs is 2. The van der Waals surface area contributed by atoms with E-state index in [0.717, 1.165) is 22.0 Å². The monoisotopic (exact) mass is 232 g/mol. The van der Waals surface area contributed by atoms with Crippen molar-refractivity contribution in [2.24, 2.45) is 0 Å². The Kier molecular flexibility index (Phi) is 2.01. The van der Waals surface area contributed by atoms with Crippen LogP contribution in [0.5, 0.6) is 0 Å². The molecule has 2 aromatic heterocycles. The fraction of sp³-hybridized carbons (Fsp3) is 0.0833. The first-order chi connectivity index (χ1) is 7.81. The van der Waals surface area contributed by atoms with E-state index in [-0.39, 0.29) is 0 Å². The van der Waals surface area contributed by atoms with Gasteiger partial charge in [0, 0.05) is 12.4 Å². The first kappa shape index (κ1) is 9.48. The second kappa shape index (κ2) is 3.39. The third kappa shape index (κ3) is 1.18. The zero-order valence-corrected chi connectivity index (χ0v) is 9.38. The van der Waals surface area contributed by atoms with Crippen molar-refractivity contribution >= 4 is 39.3 Å². The lowest BCUT2D eigenvalue weighted by atomic mass is 10.1. The van der Waals surface area contributed by atoms with Crippen LogP contribution < -0.4 is 5.32 Å². The Morgan fingerprint density at radius 1 is 1.31 bits per heavy atom. The second-order valence-corrected chi connectivity index (χ2v) is 3.92. The fourth-order valence-corrected chi connectivity index (χ4v) is 2.14. The van der Waals surface area contributed by atoms with Gasteiger partial charge in [0.2, 0.25) is 5.71 Å². The minimum absolute atomic E-state index is 0.563. The van der Waals surface area contributed by atoms with Crippen molar-refractivity contribution in [2.75, 3.05) is 12.4 Å². The highest BCUT2D eigenvalue weighted by Crippen LogP contribution is 2.35. The van der Waals surface area contributed by atoms with Crippen molar-refractivity contribution in [2.45, 2.75) is 0 Å². The first-order valence-corrected chi connectivity index (χ1v) is 5.32. The van der Waals surface area contributed by atoms with Crippen molar-refractivity contribution in [1.82, 2.24) is 4.98 Å². The lowest BCUT2D eigenvalue weighted by Crippen LogP contribution is -1.92. The fourth-order valence-electron chi connectivity index (χ4n) is 1.92. The Hall–Kier alpha value is -1.74. The molecule has 0 spiro atoms. The molecule has 4 heteroatoms. The number of hydrogen-bond acceptors (Lipinski definition) is 3. The van der Waals surface area contributed by atoms with Gasteiger partial charge >= 0.3 is 0 Å². The van der Waals surface area contributed by atoms with E-state index in [2.05, 4.69) is 10.3 Å². The Bertz CT molecular complexity index is 675. The third-order valence-electron chi connectivity index (χ3n) is 2.62. The quantitative estimate of drug-likeness (QED) is 0.696. The van der Waals surface area contributed by atoms with Gasteiger partial charge in [0.25, 0.3) is 0 Å². The number of furan rings is 1. The Morgan fingerprint density at radius 2 is 2.12 bits per heavy atom. The summed E-state index contributed by atoms with van der Waals surface area (Å²) >= 11 is 6.08. The van der Waals surface area contributed by atoms with Crippen LogP contribution in [0.2, 0.25) is 5.02 Å². The molecule has 3 rings (SSSR count). The van der Waals surface area contributed by atoms with Crippen LogP contribution in [0.3, 0.4) is 0 Å². The summed E-state index contributed by atoms with van der Waals surface area (Å²) in [6, 6.07) is 7.89. The maximum absolute atomic E-state index is 6.08. The number of benzene rings is 1. The number of para-hydroxylation sites is 1. The van der Waals surface area contributed by atoms with Crippen molar-refractivity contribution in [3.05, 3.63) is 35.6 Å². The van der Waals surface area contributed by atoms with Gasteiger partial charge in [0.1, 0.15) is 6.26 Å². The summed E-state index contributed by atoms with van der Waals surface area (Å²) in [6.45, 7) is 0. The summed E-state index contributed by atoms with van der Waals surface area (Å²) in [4.78, 5) is 4.42. The summed E-state index contributed by atoms with van der Waals surface area (Å²) in [7, 11) is 1.87. The van der Waals surface area contributed by atoms with Gasteiger partial charge in [0.05, 0.1) is 21.6 Å². The van der Waals surface area contributed by atoms with Crippen molar-refractivity contribution in [3.8, 4) is 0 Å². The van der Waals surface area contributed by atoms with Gasteiger partial charge in [0.15, 0.2) is 0 Å². The molecule has 0 aliphatic rings. The average Bonchev–Trinajstić information content (AvgIpc) is 2.68. The second-order valence-electron chi connectivity index (χ2n) is 3.52. The zero-order chi connectivity index (χ0) is 11.1. The maximum atomic E-state index is 6.08. The smallest absolute Gasteiger partial charge is 0.230 e. The van der Waals surface area contributed by atoms with Gasteiger partial charge < -0.3 is 9.73 Å². The van der Waals surface area contributed by atoms with Crippen LogP contribution in [0.15, 0.2) is 34.9 Å². The van der Waals surface area contributed by atoms with Gasteiger partial charge in [-0.2, -0.15) is 0 Å². The van der Waals surface area contributed by atoms with Gasteiger partial charge in [-0.1, -0.05) is 29.8 Å². The highest BCUT2D eigenvalue weighted by Gasteiger charge is 2.13. The molecule has 0 bridgehead atoms. The molecule has 0 amide bonds. The molecule has 16 heavy (non-hydrogen) atoms. The zero-order valence-electron chi connectivity index (χ0n) is 8.62. The van der Waals surface area contributed by atoms with E-state index < -0.39 is 0 Å². The number of hydrogen-bond donors (Lipinski definition) is 1. The SMILES string of the molecule is CNc1c2ccccc2nc2occ(Cl)c12. The molecular weight excluding hydrogens is 224 g/mol. The molecule has 3 nitrogen and oxygen atoms in total. The Labute approximate surface area is 97.0 Å². The minimum Gasteiger partial charge on any atom is -0.444 e. The number of pyridine rings is 1. The highest BCUT2D eigenvalue weighted by atomic mass is 35.5. The number of nitrogens with one attached hydrogen (secondary N) is 1. The number of aromatic nitrogens is 1. The number of anilines is 1. The van der Waals surface area contributed by atoms with Gasteiger partial charge in [-0.3, -0.25) is 0 Å². The predicted octanol–water partition coefficient (Wildman–Crippen LogP) is 3.68. The van der Waals surface area contributed by atoms with Crippen LogP contribution in [0.4, 0.5) is 5.69 Å². The van der Waals surface area contributed by atoms with Crippen LogP contribution in [0, 0.1) is 0 Å². The van der Waals surface area contributed by atoms with E-state index in [1.54, 1.807) is 0 Å². The van der Waals surface area contributed by atoms with Crippen LogP contribution in [-0.4, -0.2) is 12.0 Å². The lowest BCUT2D eigenvalue weighted by Gasteiger charge is -2.06. The Balaban J connectivity index is 2.59. The molecule has 2 heterocycles. The standard InChI is InChI=1S/C12H9ClN2O/c1-14-11-7-4-2-3-5-9(7)15-12-10(11)8(13)6-16-12/h2-6H,1H3,(H,14,15). The van der Waals surface area contributed by atoms with E-state index in [4.69, 9.17) is 16.0 Å². The summed E-state index contributed by atoms with van der Waals surface area (Å²) in [5.74, 6) is 0. The van der Waals surface area contributed by atoms with Crippen LogP contribution in [0.25, 0.3) is 22.0 Å². The molecule has 80 valence electrons. The largest absolute Gasteiger partial charge is 0.444 e. The molecule has 0 aliphatic carbocycles. The molecule has 0 fully saturated rings. The number of rotatable bonds is 1. The molecular formula is C12H9ClN2O. The molecule has 1 aromatic carbocycles. The predicted molar refractivity (Wildman–Crippen MR) is 66.1 cm³/mol. The van der Waals surface area contributed by atoms with E-state index in [1.807, 2.05) is 31.3 Å². The van der Waals surface area contributed by atoms with Gasteiger partial charge in [-0.05, 0) is 6.07 Å². The van der Waals surface area contributed by atoms with Crippen LogP contribution >= 0.6 is 11.6 Å². The lowest BCUT2D eigenvalue weighted by molar-refractivity contribution is 0.605. The topological polar surface area (TPSA) is 38.1 Å². The van der Waals surface area contributed by atoms with E-state index in [0.29, 0.717) is 10.7 Å². The van der Waals surface area contributed by atoms with E-state index in [1.165, 1.54) is 6.26 Å². The van der Waals surface area contributed by atoms with Crippen molar-refractivity contribution in [1.29, 1.82) is 0 Å². The molecule has 0 saturated heterocycles. The van der Waals surface area contributed by atoms with Crippen LogP contribution in [0.1, 0.15) is 0 Å². The molecule has 0 radical (unpaired) electrons. The summed E-state index contributed by atoms with van der Waals surface area (Å²) in [5.41, 5.74) is 2.41. The molecule has 0 aliphatic heterocycles. The molecule has 3 aromatic rings. The normalized spacial score (nSPS) is 11.1.